The molecule has 6 heteroatoms. The zero-order valence-corrected chi connectivity index (χ0v) is 20.2. The quantitative estimate of drug-likeness (QED) is 0.584. The van der Waals surface area contributed by atoms with Gasteiger partial charge in [0.1, 0.15) is 0 Å². The summed E-state index contributed by atoms with van der Waals surface area (Å²) in [4.78, 5) is 29.4. The lowest BCUT2D eigenvalue weighted by molar-refractivity contribution is -0.150. The number of benzene rings is 2. The molecule has 182 valence electrons. The van der Waals surface area contributed by atoms with E-state index >= 15 is 0 Å². The minimum Gasteiger partial charge on any atom is -0.466 e. The van der Waals surface area contributed by atoms with Crippen LogP contribution in [-0.2, 0) is 20.7 Å². The zero-order valence-electron chi connectivity index (χ0n) is 20.2. The summed E-state index contributed by atoms with van der Waals surface area (Å²) >= 11 is 0. The molecular formula is C28H37N3O3. The van der Waals surface area contributed by atoms with Crippen molar-refractivity contribution in [3.05, 3.63) is 60.2 Å². The largest absolute Gasteiger partial charge is 0.466 e. The first kappa shape index (κ1) is 24.3. The van der Waals surface area contributed by atoms with Gasteiger partial charge in [0.25, 0.3) is 0 Å². The van der Waals surface area contributed by atoms with Gasteiger partial charge in [-0.3, -0.25) is 14.5 Å². The van der Waals surface area contributed by atoms with E-state index in [-0.39, 0.29) is 17.8 Å². The molecule has 2 saturated heterocycles. The standard InChI is InChI=1S/C28H37N3O3/c1-2-34-28(33)23-9-6-18-31(21-23)26-16-19-30(20-17-26)25-13-11-24(12-14-25)29-27(32)15-10-22-7-4-3-5-8-22/h3-5,7-8,11-14,23,26H,2,6,9-10,15-21H2,1H3,(H,29,32). The first-order valence-corrected chi connectivity index (χ1v) is 12.7. The molecule has 0 bridgehead atoms. The molecule has 0 aromatic heterocycles. The van der Waals surface area contributed by atoms with E-state index in [0.29, 0.717) is 19.1 Å². The first-order chi connectivity index (χ1) is 16.6. The molecule has 1 amide bonds. The summed E-state index contributed by atoms with van der Waals surface area (Å²) in [6.07, 6.45) is 5.46. The Kier molecular flexibility index (Phi) is 8.58. The number of anilines is 2. The number of aryl methyl sites for hydroxylation is 1. The summed E-state index contributed by atoms with van der Waals surface area (Å²) < 4.78 is 5.26. The van der Waals surface area contributed by atoms with Crippen LogP contribution in [0.5, 0.6) is 0 Å². The van der Waals surface area contributed by atoms with Crippen molar-refractivity contribution in [3.63, 3.8) is 0 Å². The normalized spacial score (nSPS) is 19.6. The van der Waals surface area contributed by atoms with Gasteiger partial charge in [0.15, 0.2) is 0 Å². The van der Waals surface area contributed by atoms with E-state index in [1.54, 1.807) is 0 Å². The number of carbonyl (C=O) groups excluding carboxylic acids is 2. The van der Waals surface area contributed by atoms with Gasteiger partial charge in [-0.15, -0.1) is 0 Å². The second-order valence-corrected chi connectivity index (χ2v) is 9.39. The summed E-state index contributed by atoms with van der Waals surface area (Å²) in [7, 11) is 0. The van der Waals surface area contributed by atoms with Gasteiger partial charge in [-0.1, -0.05) is 30.3 Å². The maximum Gasteiger partial charge on any atom is 0.310 e. The average molecular weight is 464 g/mol. The van der Waals surface area contributed by atoms with Gasteiger partial charge < -0.3 is 15.0 Å². The van der Waals surface area contributed by atoms with Crippen molar-refractivity contribution < 1.29 is 14.3 Å². The van der Waals surface area contributed by atoms with Gasteiger partial charge >= 0.3 is 5.97 Å². The molecule has 6 nitrogen and oxygen atoms in total. The molecule has 0 spiro atoms. The molecule has 0 aliphatic carbocycles. The fourth-order valence-electron chi connectivity index (χ4n) is 5.16. The van der Waals surface area contributed by atoms with Gasteiger partial charge in [-0.2, -0.15) is 0 Å². The predicted molar refractivity (Wildman–Crippen MR) is 136 cm³/mol. The number of likely N-dealkylation sites (tertiary alicyclic amines) is 1. The van der Waals surface area contributed by atoms with Crippen molar-refractivity contribution in [1.82, 2.24) is 4.90 Å². The topological polar surface area (TPSA) is 61.9 Å². The highest BCUT2D eigenvalue weighted by molar-refractivity contribution is 5.91. The van der Waals surface area contributed by atoms with E-state index in [2.05, 4.69) is 39.4 Å². The van der Waals surface area contributed by atoms with E-state index in [0.717, 1.165) is 64.0 Å². The van der Waals surface area contributed by atoms with Crippen molar-refractivity contribution in [2.24, 2.45) is 5.92 Å². The Balaban J connectivity index is 1.22. The molecule has 0 saturated carbocycles. The van der Waals surface area contributed by atoms with Crippen molar-refractivity contribution in [1.29, 1.82) is 0 Å². The summed E-state index contributed by atoms with van der Waals surface area (Å²) in [5, 5.41) is 3.01. The maximum absolute atomic E-state index is 12.3. The van der Waals surface area contributed by atoms with Crippen molar-refractivity contribution in [2.45, 2.75) is 51.5 Å². The molecule has 1 atom stereocenters. The number of amides is 1. The van der Waals surface area contributed by atoms with Crippen molar-refractivity contribution in [2.75, 3.05) is 43.0 Å². The molecule has 2 aromatic rings. The molecule has 34 heavy (non-hydrogen) atoms. The summed E-state index contributed by atoms with van der Waals surface area (Å²) in [5.74, 6) is 0.0409. The minimum atomic E-state index is -0.0307. The average Bonchev–Trinajstić information content (AvgIpc) is 2.89. The number of esters is 1. The number of hydrogen-bond acceptors (Lipinski definition) is 5. The lowest BCUT2D eigenvalue weighted by atomic mass is 9.94. The van der Waals surface area contributed by atoms with Crippen LogP contribution in [0, 0.1) is 5.92 Å². The van der Waals surface area contributed by atoms with E-state index < -0.39 is 0 Å². The fourth-order valence-corrected chi connectivity index (χ4v) is 5.16. The number of hydrogen-bond donors (Lipinski definition) is 1. The smallest absolute Gasteiger partial charge is 0.310 e. The molecule has 1 N–H and O–H groups in total. The molecular weight excluding hydrogens is 426 g/mol. The molecule has 2 fully saturated rings. The lowest BCUT2D eigenvalue weighted by Gasteiger charge is -2.42. The van der Waals surface area contributed by atoms with Crippen LogP contribution in [-0.4, -0.2) is 55.6 Å². The number of ether oxygens (including phenoxy) is 1. The number of nitrogens with one attached hydrogen (secondary N) is 1. The number of nitrogens with zero attached hydrogens (tertiary/aromatic N) is 2. The number of rotatable bonds is 8. The van der Waals surface area contributed by atoms with Crippen LogP contribution in [0.1, 0.15) is 44.6 Å². The summed E-state index contributed by atoms with van der Waals surface area (Å²) in [5.41, 5.74) is 3.22. The number of carbonyl (C=O) groups is 2. The third-order valence-electron chi connectivity index (χ3n) is 7.05. The Bertz CT molecular complexity index is 924. The fraction of sp³-hybridized carbons (Fsp3) is 0.500. The first-order valence-electron chi connectivity index (χ1n) is 12.7. The van der Waals surface area contributed by atoms with Crippen LogP contribution in [0.15, 0.2) is 54.6 Å². The monoisotopic (exact) mass is 463 g/mol. The van der Waals surface area contributed by atoms with E-state index in [9.17, 15) is 9.59 Å². The second-order valence-electron chi connectivity index (χ2n) is 9.39. The Morgan fingerprint density at radius 1 is 0.971 bits per heavy atom. The van der Waals surface area contributed by atoms with E-state index in [1.807, 2.05) is 37.3 Å². The SMILES string of the molecule is CCOC(=O)C1CCCN(C2CCN(c3ccc(NC(=O)CCc4ccccc4)cc3)CC2)C1. The van der Waals surface area contributed by atoms with E-state index in [1.165, 1.54) is 11.3 Å². The predicted octanol–water partition coefficient (Wildman–Crippen LogP) is 4.50. The van der Waals surface area contributed by atoms with Crippen LogP contribution in [0.4, 0.5) is 11.4 Å². The van der Waals surface area contributed by atoms with Crippen molar-refractivity contribution >= 4 is 23.3 Å². The highest BCUT2D eigenvalue weighted by Gasteiger charge is 2.32. The van der Waals surface area contributed by atoms with Crippen LogP contribution in [0.25, 0.3) is 0 Å². The summed E-state index contributed by atoms with van der Waals surface area (Å²) in [6, 6.07) is 18.8. The summed E-state index contributed by atoms with van der Waals surface area (Å²) in [6.45, 7) is 6.27. The highest BCUT2D eigenvalue weighted by Crippen LogP contribution is 2.27. The van der Waals surface area contributed by atoms with Crippen LogP contribution in [0.2, 0.25) is 0 Å². The van der Waals surface area contributed by atoms with Gasteiger partial charge in [-0.25, -0.2) is 0 Å². The Morgan fingerprint density at radius 3 is 2.41 bits per heavy atom. The molecule has 2 aromatic carbocycles. The van der Waals surface area contributed by atoms with Gasteiger partial charge in [0.05, 0.1) is 12.5 Å². The Hall–Kier alpha value is -2.86. The Labute approximate surface area is 203 Å². The van der Waals surface area contributed by atoms with Crippen LogP contribution < -0.4 is 10.2 Å². The van der Waals surface area contributed by atoms with Gasteiger partial charge in [-0.05, 0) is 75.4 Å². The van der Waals surface area contributed by atoms with Crippen molar-refractivity contribution in [3.8, 4) is 0 Å². The second kappa shape index (κ2) is 12.0. The zero-order chi connectivity index (χ0) is 23.8. The molecule has 2 aliphatic rings. The van der Waals surface area contributed by atoms with E-state index in [4.69, 9.17) is 4.74 Å². The molecule has 4 rings (SSSR count). The lowest BCUT2D eigenvalue weighted by Crippen LogP contribution is -2.49. The minimum absolute atomic E-state index is 0.0298. The van der Waals surface area contributed by atoms with Crippen LogP contribution in [0.3, 0.4) is 0 Å². The molecule has 1 unspecified atom stereocenters. The van der Waals surface area contributed by atoms with Gasteiger partial charge in [0, 0.05) is 43.5 Å². The van der Waals surface area contributed by atoms with Gasteiger partial charge in [0.2, 0.25) is 5.91 Å². The van der Waals surface area contributed by atoms with Crippen LogP contribution >= 0.6 is 0 Å². The Morgan fingerprint density at radius 2 is 1.71 bits per heavy atom. The highest BCUT2D eigenvalue weighted by atomic mass is 16.5. The molecule has 2 aliphatic heterocycles. The molecule has 2 heterocycles. The molecule has 0 radical (unpaired) electrons. The third-order valence-corrected chi connectivity index (χ3v) is 7.05. The third kappa shape index (κ3) is 6.60. The maximum atomic E-state index is 12.3. The number of piperidine rings is 2.